The van der Waals surface area contributed by atoms with Crippen LogP contribution >= 0.6 is 11.6 Å². The van der Waals surface area contributed by atoms with Crippen LogP contribution in [0, 0.1) is 5.92 Å². The van der Waals surface area contributed by atoms with E-state index < -0.39 is 0 Å². The Morgan fingerprint density at radius 2 is 2.24 bits per heavy atom. The van der Waals surface area contributed by atoms with E-state index in [9.17, 15) is 0 Å². The highest BCUT2D eigenvalue weighted by atomic mass is 35.5. The minimum absolute atomic E-state index is 0.0884. The standard InChI is InChI=1S/C17H23ClN2O/c1-4-9-21-15-8-6-7-13-16(15)19-17(11(3)18)20(13)14-10-12(14)5-2/h6-8,11-12,14H,4-5,9-10H2,1-3H3. The van der Waals surface area contributed by atoms with E-state index in [0.29, 0.717) is 6.04 Å². The van der Waals surface area contributed by atoms with Crippen LogP contribution in [0.1, 0.15) is 57.3 Å². The molecule has 0 spiro atoms. The number of fused-ring (bicyclic) bond motifs is 1. The van der Waals surface area contributed by atoms with E-state index in [0.717, 1.165) is 41.6 Å². The molecule has 1 aromatic carbocycles. The van der Waals surface area contributed by atoms with Crippen molar-refractivity contribution in [1.82, 2.24) is 9.55 Å². The van der Waals surface area contributed by atoms with E-state index in [4.69, 9.17) is 21.3 Å². The lowest BCUT2D eigenvalue weighted by atomic mass is 10.2. The average Bonchev–Trinajstić information content (AvgIpc) is 3.15. The molecule has 3 atom stereocenters. The van der Waals surface area contributed by atoms with Gasteiger partial charge in [0, 0.05) is 6.04 Å². The molecule has 1 saturated carbocycles. The fourth-order valence-corrected chi connectivity index (χ4v) is 3.21. The Hall–Kier alpha value is -1.22. The zero-order chi connectivity index (χ0) is 15.0. The number of rotatable bonds is 6. The number of aromatic nitrogens is 2. The number of nitrogens with zero attached hydrogens (tertiary/aromatic N) is 2. The third kappa shape index (κ3) is 2.64. The highest BCUT2D eigenvalue weighted by Gasteiger charge is 2.40. The highest BCUT2D eigenvalue weighted by Crippen LogP contribution is 2.49. The smallest absolute Gasteiger partial charge is 0.147 e. The summed E-state index contributed by atoms with van der Waals surface area (Å²) in [5.41, 5.74) is 2.11. The SMILES string of the molecule is CCCOc1cccc2c1nc(C(C)Cl)n2C1CC1CC. The van der Waals surface area contributed by atoms with Gasteiger partial charge in [0.05, 0.1) is 17.5 Å². The molecule has 0 radical (unpaired) electrons. The molecule has 3 unspecified atom stereocenters. The van der Waals surface area contributed by atoms with Gasteiger partial charge in [-0.3, -0.25) is 0 Å². The van der Waals surface area contributed by atoms with Crippen molar-refractivity contribution in [2.45, 2.75) is 51.5 Å². The van der Waals surface area contributed by atoms with Gasteiger partial charge in [0.1, 0.15) is 17.1 Å². The molecule has 1 fully saturated rings. The molecule has 4 heteroatoms. The molecule has 1 aliphatic rings. The highest BCUT2D eigenvalue weighted by molar-refractivity contribution is 6.20. The van der Waals surface area contributed by atoms with E-state index in [1.807, 2.05) is 13.0 Å². The molecule has 3 nitrogen and oxygen atoms in total. The Kier molecular flexibility index (Phi) is 4.12. The van der Waals surface area contributed by atoms with Crippen LogP contribution in [-0.2, 0) is 0 Å². The quantitative estimate of drug-likeness (QED) is 0.695. The minimum atomic E-state index is -0.0884. The molecule has 1 heterocycles. The summed E-state index contributed by atoms with van der Waals surface area (Å²) < 4.78 is 8.20. The molecular formula is C17H23ClN2O. The predicted octanol–water partition coefficient (Wildman–Crippen LogP) is 5.10. The first-order valence-electron chi connectivity index (χ1n) is 7.95. The van der Waals surface area contributed by atoms with Crippen molar-refractivity contribution in [3.8, 4) is 5.75 Å². The molecule has 0 N–H and O–H groups in total. The van der Waals surface area contributed by atoms with Crippen LogP contribution in [0.2, 0.25) is 0 Å². The zero-order valence-corrected chi connectivity index (χ0v) is 13.7. The predicted molar refractivity (Wildman–Crippen MR) is 87.2 cm³/mol. The van der Waals surface area contributed by atoms with E-state index >= 15 is 0 Å². The summed E-state index contributed by atoms with van der Waals surface area (Å²) in [6, 6.07) is 6.74. The second-order valence-electron chi connectivity index (χ2n) is 5.90. The van der Waals surface area contributed by atoms with Crippen molar-refractivity contribution in [2.75, 3.05) is 6.61 Å². The van der Waals surface area contributed by atoms with Crippen LogP contribution in [-0.4, -0.2) is 16.2 Å². The molecule has 0 amide bonds. The lowest BCUT2D eigenvalue weighted by molar-refractivity contribution is 0.320. The number of hydrogen-bond acceptors (Lipinski definition) is 2. The van der Waals surface area contributed by atoms with Crippen molar-refractivity contribution in [1.29, 1.82) is 0 Å². The molecule has 1 aromatic heterocycles. The van der Waals surface area contributed by atoms with Gasteiger partial charge < -0.3 is 9.30 Å². The van der Waals surface area contributed by atoms with Crippen LogP contribution < -0.4 is 4.74 Å². The number of halogens is 1. The third-order valence-electron chi connectivity index (χ3n) is 4.27. The zero-order valence-electron chi connectivity index (χ0n) is 13.0. The summed E-state index contributed by atoms with van der Waals surface area (Å²) in [4.78, 5) is 4.80. The van der Waals surface area contributed by atoms with Crippen LogP contribution in [0.25, 0.3) is 11.0 Å². The summed E-state index contributed by atoms with van der Waals surface area (Å²) >= 11 is 6.38. The Bertz CT molecular complexity index is 635. The van der Waals surface area contributed by atoms with Gasteiger partial charge in [0.15, 0.2) is 0 Å². The van der Waals surface area contributed by atoms with Crippen LogP contribution in [0.3, 0.4) is 0 Å². The molecule has 0 bridgehead atoms. The average molecular weight is 307 g/mol. The fraction of sp³-hybridized carbons (Fsp3) is 0.588. The second-order valence-corrected chi connectivity index (χ2v) is 6.55. The first-order valence-corrected chi connectivity index (χ1v) is 8.38. The van der Waals surface area contributed by atoms with Crippen molar-refractivity contribution in [3.63, 3.8) is 0 Å². The normalized spacial score (nSPS) is 22.5. The topological polar surface area (TPSA) is 27.1 Å². The van der Waals surface area contributed by atoms with E-state index in [2.05, 4.69) is 30.5 Å². The Labute approximate surface area is 131 Å². The van der Waals surface area contributed by atoms with Crippen molar-refractivity contribution >= 4 is 22.6 Å². The lowest BCUT2D eigenvalue weighted by Crippen LogP contribution is -2.03. The molecule has 0 saturated heterocycles. The Balaban J connectivity index is 2.09. The molecular weight excluding hydrogens is 284 g/mol. The van der Waals surface area contributed by atoms with Gasteiger partial charge in [0.25, 0.3) is 0 Å². The summed E-state index contributed by atoms with van der Waals surface area (Å²) in [6.45, 7) is 7.08. The first-order chi connectivity index (χ1) is 10.2. The van der Waals surface area contributed by atoms with Gasteiger partial charge in [0.2, 0.25) is 0 Å². The summed E-state index contributed by atoms with van der Waals surface area (Å²) in [7, 11) is 0. The van der Waals surface area contributed by atoms with Gasteiger partial charge in [-0.05, 0) is 37.8 Å². The molecule has 2 aromatic rings. The summed E-state index contributed by atoms with van der Waals surface area (Å²) in [6.07, 6.45) is 3.45. The number of imidazole rings is 1. The minimum Gasteiger partial charge on any atom is -0.491 e. The van der Waals surface area contributed by atoms with Crippen LogP contribution in [0.4, 0.5) is 0 Å². The fourth-order valence-electron chi connectivity index (χ4n) is 3.05. The van der Waals surface area contributed by atoms with E-state index in [-0.39, 0.29) is 5.38 Å². The number of para-hydroxylation sites is 1. The largest absolute Gasteiger partial charge is 0.491 e. The molecule has 1 aliphatic carbocycles. The molecule has 114 valence electrons. The maximum atomic E-state index is 6.38. The third-order valence-corrected chi connectivity index (χ3v) is 4.46. The van der Waals surface area contributed by atoms with Gasteiger partial charge in [-0.2, -0.15) is 0 Å². The van der Waals surface area contributed by atoms with Crippen LogP contribution in [0.5, 0.6) is 5.75 Å². The van der Waals surface area contributed by atoms with Gasteiger partial charge in [-0.15, -0.1) is 11.6 Å². The van der Waals surface area contributed by atoms with Crippen LogP contribution in [0.15, 0.2) is 18.2 Å². The Morgan fingerprint density at radius 1 is 1.43 bits per heavy atom. The van der Waals surface area contributed by atoms with E-state index in [1.54, 1.807) is 0 Å². The second kappa shape index (κ2) is 5.88. The van der Waals surface area contributed by atoms with Gasteiger partial charge >= 0.3 is 0 Å². The number of hydrogen-bond donors (Lipinski definition) is 0. The van der Waals surface area contributed by atoms with Crippen molar-refractivity contribution < 1.29 is 4.74 Å². The molecule has 0 aliphatic heterocycles. The number of ether oxygens (including phenoxy) is 1. The number of alkyl halides is 1. The lowest BCUT2D eigenvalue weighted by Gasteiger charge is -2.10. The summed E-state index contributed by atoms with van der Waals surface area (Å²) in [5.74, 6) is 2.61. The van der Waals surface area contributed by atoms with Crippen molar-refractivity contribution in [3.05, 3.63) is 24.0 Å². The monoisotopic (exact) mass is 306 g/mol. The molecule has 21 heavy (non-hydrogen) atoms. The van der Waals surface area contributed by atoms with E-state index in [1.165, 1.54) is 12.8 Å². The molecule has 3 rings (SSSR count). The Morgan fingerprint density at radius 3 is 2.86 bits per heavy atom. The first kappa shape index (κ1) is 14.7. The van der Waals surface area contributed by atoms with Crippen molar-refractivity contribution in [2.24, 2.45) is 5.92 Å². The number of benzene rings is 1. The maximum absolute atomic E-state index is 6.38. The maximum Gasteiger partial charge on any atom is 0.147 e. The van der Waals surface area contributed by atoms with Gasteiger partial charge in [-0.1, -0.05) is 26.3 Å². The summed E-state index contributed by atoms with van der Waals surface area (Å²) in [5, 5.41) is -0.0884. The van der Waals surface area contributed by atoms with Gasteiger partial charge in [-0.25, -0.2) is 4.98 Å².